The Kier molecular flexibility index (Phi) is 5.94. The summed E-state index contributed by atoms with van der Waals surface area (Å²) in [5.74, 6) is 0.695. The summed E-state index contributed by atoms with van der Waals surface area (Å²) < 4.78 is 11.3. The molecule has 16 heavy (non-hydrogen) atoms. The lowest BCUT2D eigenvalue weighted by atomic mass is 10.0. The molecule has 0 amide bonds. The summed E-state index contributed by atoms with van der Waals surface area (Å²) >= 11 is 0. The molecular weight excluding hydrogens is 220 g/mol. The summed E-state index contributed by atoms with van der Waals surface area (Å²) in [4.78, 5) is 2.50. The summed E-state index contributed by atoms with van der Waals surface area (Å²) in [6, 6.07) is 0.621. The largest absolute Gasteiger partial charge is 0.311 e. The van der Waals surface area contributed by atoms with Crippen molar-refractivity contribution in [3.8, 4) is 0 Å². The Morgan fingerprint density at radius 3 is 2.69 bits per heavy atom. The molecule has 0 bridgehead atoms. The summed E-state index contributed by atoms with van der Waals surface area (Å²) in [7, 11) is -0.674. The van der Waals surface area contributed by atoms with Gasteiger partial charge in [0.1, 0.15) is 0 Å². The van der Waals surface area contributed by atoms with Gasteiger partial charge in [0, 0.05) is 48.0 Å². The number of hydrogen-bond acceptors (Lipinski definition) is 3. The summed E-state index contributed by atoms with van der Waals surface area (Å²) in [6.45, 7) is 11.1. The van der Waals surface area contributed by atoms with E-state index in [0.717, 1.165) is 32.6 Å². The highest BCUT2D eigenvalue weighted by atomic mass is 32.2. The van der Waals surface area contributed by atoms with E-state index in [4.69, 9.17) is 0 Å². The van der Waals surface area contributed by atoms with Crippen LogP contribution in [0.5, 0.6) is 0 Å². The third kappa shape index (κ3) is 4.52. The Labute approximate surface area is 102 Å². The first-order valence-electron chi connectivity index (χ1n) is 6.28. The first-order chi connectivity index (χ1) is 7.50. The van der Waals surface area contributed by atoms with Gasteiger partial charge in [-0.25, -0.2) is 0 Å². The van der Waals surface area contributed by atoms with Crippen molar-refractivity contribution in [3.63, 3.8) is 0 Å². The van der Waals surface area contributed by atoms with E-state index in [1.807, 2.05) is 0 Å². The van der Waals surface area contributed by atoms with E-state index in [1.54, 1.807) is 6.26 Å². The van der Waals surface area contributed by atoms with Crippen LogP contribution in [0.2, 0.25) is 0 Å². The predicted octanol–water partition coefficient (Wildman–Crippen LogP) is 1.07. The SMILES string of the molecule is CC(C)C1CN(CCC(C)S(C)=O)CCN1. The van der Waals surface area contributed by atoms with Crippen molar-refractivity contribution in [2.75, 3.05) is 32.4 Å². The number of piperazine rings is 1. The molecular formula is C12H26N2OS. The molecule has 96 valence electrons. The minimum atomic E-state index is -0.674. The molecule has 1 N–H and O–H groups in total. The number of hydrogen-bond donors (Lipinski definition) is 1. The van der Waals surface area contributed by atoms with E-state index < -0.39 is 10.8 Å². The van der Waals surface area contributed by atoms with Crippen LogP contribution in [-0.4, -0.2) is 52.8 Å². The van der Waals surface area contributed by atoms with Crippen molar-refractivity contribution in [2.45, 2.75) is 38.5 Å². The fourth-order valence-electron chi connectivity index (χ4n) is 2.02. The smallest absolute Gasteiger partial charge is 0.0329 e. The summed E-state index contributed by atoms with van der Waals surface area (Å²) in [6.07, 6.45) is 2.85. The van der Waals surface area contributed by atoms with E-state index in [0.29, 0.717) is 17.2 Å². The summed E-state index contributed by atoms with van der Waals surface area (Å²) in [5, 5.41) is 3.88. The predicted molar refractivity (Wildman–Crippen MR) is 71.2 cm³/mol. The van der Waals surface area contributed by atoms with Crippen LogP contribution in [0.1, 0.15) is 27.2 Å². The molecule has 0 aromatic rings. The van der Waals surface area contributed by atoms with Crippen molar-refractivity contribution in [1.82, 2.24) is 10.2 Å². The van der Waals surface area contributed by atoms with Crippen LogP contribution in [0, 0.1) is 5.92 Å². The first kappa shape index (κ1) is 14.1. The van der Waals surface area contributed by atoms with Gasteiger partial charge in [-0.15, -0.1) is 0 Å². The van der Waals surface area contributed by atoms with Crippen LogP contribution in [-0.2, 0) is 10.8 Å². The Morgan fingerprint density at radius 1 is 1.44 bits per heavy atom. The van der Waals surface area contributed by atoms with Crippen molar-refractivity contribution in [1.29, 1.82) is 0 Å². The Morgan fingerprint density at radius 2 is 2.12 bits per heavy atom. The molecule has 0 radical (unpaired) electrons. The van der Waals surface area contributed by atoms with Gasteiger partial charge in [-0.3, -0.25) is 4.21 Å². The highest BCUT2D eigenvalue weighted by Gasteiger charge is 2.21. The van der Waals surface area contributed by atoms with Gasteiger partial charge < -0.3 is 10.2 Å². The topological polar surface area (TPSA) is 32.3 Å². The fraction of sp³-hybridized carbons (Fsp3) is 1.00. The summed E-state index contributed by atoms with van der Waals surface area (Å²) in [5.41, 5.74) is 0. The molecule has 0 saturated carbocycles. The lowest BCUT2D eigenvalue weighted by Gasteiger charge is -2.36. The molecule has 0 aromatic heterocycles. The third-order valence-electron chi connectivity index (χ3n) is 3.51. The van der Waals surface area contributed by atoms with Crippen molar-refractivity contribution >= 4 is 10.8 Å². The maximum Gasteiger partial charge on any atom is 0.0329 e. The zero-order valence-electron chi connectivity index (χ0n) is 11.0. The van der Waals surface area contributed by atoms with Gasteiger partial charge in [0.25, 0.3) is 0 Å². The molecule has 3 unspecified atom stereocenters. The van der Waals surface area contributed by atoms with E-state index in [9.17, 15) is 4.21 Å². The van der Waals surface area contributed by atoms with Crippen molar-refractivity contribution in [3.05, 3.63) is 0 Å². The van der Waals surface area contributed by atoms with Crippen molar-refractivity contribution < 1.29 is 4.21 Å². The number of nitrogens with zero attached hydrogens (tertiary/aromatic N) is 1. The zero-order chi connectivity index (χ0) is 12.1. The van der Waals surface area contributed by atoms with Crippen LogP contribution < -0.4 is 5.32 Å². The highest BCUT2D eigenvalue weighted by molar-refractivity contribution is 7.84. The van der Waals surface area contributed by atoms with Gasteiger partial charge in [-0.1, -0.05) is 20.8 Å². The standard InChI is InChI=1S/C12H26N2OS/c1-10(2)12-9-14(8-6-13-12)7-5-11(3)16(4)15/h10-13H,5-9H2,1-4H3. The van der Waals surface area contributed by atoms with E-state index in [2.05, 4.69) is 31.0 Å². The Balaban J connectivity index is 2.29. The fourth-order valence-corrected chi connectivity index (χ4v) is 2.46. The average Bonchev–Trinajstić information content (AvgIpc) is 2.26. The van der Waals surface area contributed by atoms with Gasteiger partial charge in [0.05, 0.1) is 0 Å². The maximum atomic E-state index is 11.3. The molecule has 1 aliphatic rings. The van der Waals surface area contributed by atoms with Crippen LogP contribution in [0.15, 0.2) is 0 Å². The number of nitrogens with one attached hydrogen (secondary N) is 1. The van der Waals surface area contributed by atoms with Gasteiger partial charge in [0.2, 0.25) is 0 Å². The van der Waals surface area contributed by atoms with E-state index in [-0.39, 0.29) is 0 Å². The van der Waals surface area contributed by atoms with Crippen LogP contribution in [0.25, 0.3) is 0 Å². The Bertz CT molecular complexity index is 233. The highest BCUT2D eigenvalue weighted by Crippen LogP contribution is 2.10. The van der Waals surface area contributed by atoms with Gasteiger partial charge in [-0.2, -0.15) is 0 Å². The molecule has 1 rings (SSSR count). The van der Waals surface area contributed by atoms with Crippen LogP contribution >= 0.6 is 0 Å². The lowest BCUT2D eigenvalue weighted by molar-refractivity contribution is 0.174. The molecule has 3 atom stereocenters. The van der Waals surface area contributed by atoms with E-state index >= 15 is 0 Å². The second-order valence-electron chi connectivity index (χ2n) is 5.20. The molecule has 0 aromatic carbocycles. The third-order valence-corrected chi connectivity index (χ3v) is 4.88. The average molecular weight is 246 g/mol. The van der Waals surface area contributed by atoms with E-state index in [1.165, 1.54) is 0 Å². The van der Waals surface area contributed by atoms with Crippen LogP contribution in [0.4, 0.5) is 0 Å². The number of rotatable bonds is 5. The molecule has 0 spiro atoms. The zero-order valence-corrected chi connectivity index (χ0v) is 11.8. The quantitative estimate of drug-likeness (QED) is 0.788. The van der Waals surface area contributed by atoms with Crippen molar-refractivity contribution in [2.24, 2.45) is 5.92 Å². The molecule has 1 heterocycles. The normalized spacial score (nSPS) is 26.9. The molecule has 0 aliphatic carbocycles. The molecule has 1 aliphatic heterocycles. The van der Waals surface area contributed by atoms with Gasteiger partial charge in [0.15, 0.2) is 0 Å². The Hall–Kier alpha value is 0.0700. The minimum Gasteiger partial charge on any atom is -0.311 e. The molecule has 1 saturated heterocycles. The molecule has 3 nitrogen and oxygen atoms in total. The second-order valence-corrected chi connectivity index (χ2v) is 7.01. The second kappa shape index (κ2) is 6.72. The van der Waals surface area contributed by atoms with Gasteiger partial charge in [-0.05, 0) is 18.9 Å². The maximum absolute atomic E-state index is 11.3. The molecule has 1 fully saturated rings. The first-order valence-corrected chi connectivity index (χ1v) is 7.90. The minimum absolute atomic E-state index is 0.326. The lowest BCUT2D eigenvalue weighted by Crippen LogP contribution is -2.53. The monoisotopic (exact) mass is 246 g/mol. The molecule has 4 heteroatoms. The van der Waals surface area contributed by atoms with Crippen LogP contribution in [0.3, 0.4) is 0 Å². The van der Waals surface area contributed by atoms with Gasteiger partial charge >= 0.3 is 0 Å².